The van der Waals surface area contributed by atoms with Crippen LogP contribution in [0, 0.1) is 5.92 Å². The van der Waals surface area contributed by atoms with E-state index in [2.05, 4.69) is 11.9 Å². The highest BCUT2D eigenvalue weighted by molar-refractivity contribution is 5.79. The molecule has 5 heteroatoms. The van der Waals surface area contributed by atoms with Crippen molar-refractivity contribution < 1.29 is 14.6 Å². The predicted octanol–water partition coefficient (Wildman–Crippen LogP) is 0.679. The van der Waals surface area contributed by atoms with Crippen molar-refractivity contribution in [3.63, 3.8) is 0 Å². The summed E-state index contributed by atoms with van der Waals surface area (Å²) in [4.78, 5) is 13.6. The summed E-state index contributed by atoms with van der Waals surface area (Å²) in [6.45, 7) is 2.55. The van der Waals surface area contributed by atoms with Crippen LogP contribution < -0.4 is 5.73 Å². The third-order valence-electron chi connectivity index (χ3n) is 4.63. The van der Waals surface area contributed by atoms with Crippen molar-refractivity contribution in [2.75, 3.05) is 26.8 Å². The minimum absolute atomic E-state index is 0.111. The SMILES string of the molecule is CN(CCC1CCCC1(N)C(=O)O)C1CCOC1. The van der Waals surface area contributed by atoms with Gasteiger partial charge in [0.05, 0.1) is 6.61 Å². The first-order chi connectivity index (χ1) is 8.54. The van der Waals surface area contributed by atoms with E-state index < -0.39 is 11.5 Å². The fraction of sp³-hybridized carbons (Fsp3) is 0.923. The second-order valence-electron chi connectivity index (χ2n) is 5.72. The Morgan fingerprint density at radius 3 is 2.94 bits per heavy atom. The third kappa shape index (κ3) is 2.68. The van der Waals surface area contributed by atoms with Crippen LogP contribution in [0.4, 0.5) is 0 Å². The number of likely N-dealkylation sites (N-methyl/N-ethyl adjacent to an activating group) is 1. The topological polar surface area (TPSA) is 75.8 Å². The Balaban J connectivity index is 1.83. The maximum atomic E-state index is 11.3. The molecule has 3 atom stereocenters. The number of nitrogens with zero attached hydrogens (tertiary/aromatic N) is 1. The van der Waals surface area contributed by atoms with E-state index in [4.69, 9.17) is 10.5 Å². The van der Waals surface area contributed by atoms with Crippen molar-refractivity contribution in [2.24, 2.45) is 11.7 Å². The monoisotopic (exact) mass is 256 g/mol. The van der Waals surface area contributed by atoms with Gasteiger partial charge in [-0.3, -0.25) is 4.79 Å². The molecule has 1 heterocycles. The molecule has 104 valence electrons. The van der Waals surface area contributed by atoms with Gasteiger partial charge in [0.2, 0.25) is 0 Å². The molecule has 3 unspecified atom stereocenters. The zero-order chi connectivity index (χ0) is 13.2. The number of rotatable bonds is 5. The molecule has 0 aromatic rings. The standard InChI is InChI=1S/C13H24N2O3/c1-15(11-5-8-18-9-11)7-4-10-3-2-6-13(10,14)12(16)17/h10-11H,2-9,14H2,1H3,(H,16,17). The van der Waals surface area contributed by atoms with Gasteiger partial charge in [-0.1, -0.05) is 6.42 Å². The summed E-state index contributed by atoms with van der Waals surface area (Å²) in [5.41, 5.74) is 5.05. The van der Waals surface area contributed by atoms with Crippen molar-refractivity contribution in [1.82, 2.24) is 4.90 Å². The van der Waals surface area contributed by atoms with E-state index >= 15 is 0 Å². The van der Waals surface area contributed by atoms with Gasteiger partial charge in [0, 0.05) is 12.6 Å². The van der Waals surface area contributed by atoms with Gasteiger partial charge in [0.25, 0.3) is 0 Å². The second-order valence-corrected chi connectivity index (χ2v) is 5.72. The molecular formula is C13H24N2O3. The smallest absolute Gasteiger partial charge is 0.323 e. The first-order valence-electron chi connectivity index (χ1n) is 6.84. The highest BCUT2D eigenvalue weighted by atomic mass is 16.5. The highest BCUT2D eigenvalue weighted by Gasteiger charge is 2.45. The van der Waals surface area contributed by atoms with Crippen LogP contribution in [0.25, 0.3) is 0 Å². The Kier molecular flexibility index (Phi) is 4.25. The Hall–Kier alpha value is -0.650. The maximum absolute atomic E-state index is 11.3. The van der Waals surface area contributed by atoms with Gasteiger partial charge in [0.1, 0.15) is 5.54 Å². The summed E-state index contributed by atoms with van der Waals surface area (Å²) in [7, 11) is 2.09. The lowest BCUT2D eigenvalue weighted by Crippen LogP contribution is -2.51. The Bertz CT molecular complexity index is 305. The van der Waals surface area contributed by atoms with Crippen LogP contribution in [0.15, 0.2) is 0 Å². The number of nitrogens with two attached hydrogens (primary N) is 1. The van der Waals surface area contributed by atoms with Gasteiger partial charge in [-0.15, -0.1) is 0 Å². The van der Waals surface area contributed by atoms with E-state index in [-0.39, 0.29) is 5.92 Å². The number of hydrogen-bond donors (Lipinski definition) is 2. The average Bonchev–Trinajstić information content (AvgIpc) is 2.96. The van der Waals surface area contributed by atoms with Crippen LogP contribution >= 0.6 is 0 Å². The van der Waals surface area contributed by atoms with Crippen molar-refractivity contribution >= 4 is 5.97 Å². The highest BCUT2D eigenvalue weighted by Crippen LogP contribution is 2.36. The summed E-state index contributed by atoms with van der Waals surface area (Å²) in [6, 6.07) is 0.489. The van der Waals surface area contributed by atoms with E-state index in [1.807, 2.05) is 0 Å². The van der Waals surface area contributed by atoms with E-state index in [1.54, 1.807) is 0 Å². The molecule has 2 aliphatic rings. The molecule has 18 heavy (non-hydrogen) atoms. The molecule has 2 fully saturated rings. The van der Waals surface area contributed by atoms with E-state index in [1.165, 1.54) is 0 Å². The molecule has 5 nitrogen and oxygen atoms in total. The van der Waals surface area contributed by atoms with Crippen molar-refractivity contribution in [3.8, 4) is 0 Å². The molecule has 1 saturated carbocycles. The molecule has 0 spiro atoms. The molecule has 0 aromatic carbocycles. The third-order valence-corrected chi connectivity index (χ3v) is 4.63. The number of carboxylic acid groups (broad SMARTS) is 1. The largest absolute Gasteiger partial charge is 0.480 e. The van der Waals surface area contributed by atoms with E-state index in [9.17, 15) is 9.90 Å². The lowest BCUT2D eigenvalue weighted by molar-refractivity contribution is -0.144. The van der Waals surface area contributed by atoms with E-state index in [0.717, 1.165) is 45.4 Å². The first-order valence-corrected chi connectivity index (χ1v) is 6.84. The number of hydrogen-bond acceptors (Lipinski definition) is 4. The van der Waals surface area contributed by atoms with Crippen molar-refractivity contribution in [1.29, 1.82) is 0 Å². The minimum Gasteiger partial charge on any atom is -0.480 e. The van der Waals surface area contributed by atoms with Crippen LogP contribution in [-0.4, -0.2) is 54.4 Å². The van der Waals surface area contributed by atoms with Gasteiger partial charge >= 0.3 is 5.97 Å². The van der Waals surface area contributed by atoms with Gasteiger partial charge < -0.3 is 20.5 Å². The molecular weight excluding hydrogens is 232 g/mol. The molecule has 0 bridgehead atoms. The average molecular weight is 256 g/mol. The second kappa shape index (κ2) is 5.55. The number of carboxylic acids is 1. The summed E-state index contributed by atoms with van der Waals surface area (Å²) in [5, 5.41) is 9.26. The molecule has 0 amide bonds. The fourth-order valence-corrected chi connectivity index (χ4v) is 3.20. The Morgan fingerprint density at radius 2 is 2.33 bits per heavy atom. The lowest BCUT2D eigenvalue weighted by atomic mass is 9.85. The quantitative estimate of drug-likeness (QED) is 0.756. The molecule has 3 N–H and O–H groups in total. The maximum Gasteiger partial charge on any atom is 0.323 e. The Morgan fingerprint density at radius 1 is 1.56 bits per heavy atom. The molecule has 1 saturated heterocycles. The Labute approximate surface area is 108 Å². The number of ether oxygens (including phenoxy) is 1. The molecule has 2 rings (SSSR count). The molecule has 1 aliphatic carbocycles. The zero-order valence-electron chi connectivity index (χ0n) is 11.1. The van der Waals surface area contributed by atoms with Crippen LogP contribution in [0.2, 0.25) is 0 Å². The number of carbonyl (C=O) groups is 1. The van der Waals surface area contributed by atoms with Crippen LogP contribution in [-0.2, 0) is 9.53 Å². The minimum atomic E-state index is -0.993. The predicted molar refractivity (Wildman–Crippen MR) is 68.4 cm³/mol. The molecule has 1 aliphatic heterocycles. The van der Waals surface area contributed by atoms with Crippen LogP contribution in [0.1, 0.15) is 32.1 Å². The number of aliphatic carboxylic acids is 1. The van der Waals surface area contributed by atoms with Gasteiger partial charge in [-0.25, -0.2) is 0 Å². The molecule has 0 aromatic heterocycles. The van der Waals surface area contributed by atoms with Gasteiger partial charge in [-0.05, 0) is 45.2 Å². The fourth-order valence-electron chi connectivity index (χ4n) is 3.20. The van der Waals surface area contributed by atoms with Crippen LogP contribution in [0.3, 0.4) is 0 Å². The summed E-state index contributed by atoms with van der Waals surface area (Å²) < 4.78 is 5.37. The van der Waals surface area contributed by atoms with Crippen molar-refractivity contribution in [2.45, 2.75) is 43.7 Å². The van der Waals surface area contributed by atoms with Gasteiger partial charge in [0.15, 0.2) is 0 Å². The first kappa shape index (κ1) is 13.8. The molecule has 0 radical (unpaired) electrons. The van der Waals surface area contributed by atoms with Crippen molar-refractivity contribution in [3.05, 3.63) is 0 Å². The zero-order valence-corrected chi connectivity index (χ0v) is 11.1. The lowest BCUT2D eigenvalue weighted by Gasteiger charge is -2.30. The van der Waals surface area contributed by atoms with Gasteiger partial charge in [-0.2, -0.15) is 0 Å². The van der Waals surface area contributed by atoms with Crippen LogP contribution in [0.5, 0.6) is 0 Å². The van der Waals surface area contributed by atoms with E-state index in [0.29, 0.717) is 12.5 Å². The summed E-state index contributed by atoms with van der Waals surface area (Å²) in [5.74, 6) is -0.725. The summed E-state index contributed by atoms with van der Waals surface area (Å²) >= 11 is 0. The normalized spacial score (nSPS) is 36.4. The summed E-state index contributed by atoms with van der Waals surface area (Å²) in [6.07, 6.45) is 4.44.